The Hall–Kier alpha value is -3.06. The lowest BCUT2D eigenvalue weighted by atomic mass is 10.1. The molecule has 0 spiro atoms. The van der Waals surface area contributed by atoms with Crippen molar-refractivity contribution in [2.45, 2.75) is 13.3 Å². The highest BCUT2D eigenvalue weighted by Gasteiger charge is 2.10. The Bertz CT molecular complexity index is 810. The SMILES string of the molecule is Cc1ccc(-c2coc(Cc3cnc(C(=O)NO)nc3)n2)cc1. The summed E-state index contributed by atoms with van der Waals surface area (Å²) in [7, 11) is 0. The highest BCUT2D eigenvalue weighted by Crippen LogP contribution is 2.20. The van der Waals surface area contributed by atoms with Crippen molar-refractivity contribution < 1.29 is 14.4 Å². The van der Waals surface area contributed by atoms with Crippen LogP contribution in [-0.4, -0.2) is 26.1 Å². The van der Waals surface area contributed by atoms with E-state index in [1.54, 1.807) is 6.26 Å². The highest BCUT2D eigenvalue weighted by molar-refractivity contribution is 5.89. The molecule has 2 aromatic heterocycles. The first kappa shape index (κ1) is 14.9. The Morgan fingerprint density at radius 3 is 2.57 bits per heavy atom. The van der Waals surface area contributed by atoms with Gasteiger partial charge in [-0.05, 0) is 12.5 Å². The molecule has 0 saturated carbocycles. The smallest absolute Gasteiger partial charge is 0.312 e. The number of aromatic nitrogens is 3. The average molecular weight is 310 g/mol. The Morgan fingerprint density at radius 2 is 1.91 bits per heavy atom. The van der Waals surface area contributed by atoms with Crippen LogP contribution in [0.15, 0.2) is 47.3 Å². The number of nitrogens with one attached hydrogen (secondary N) is 1. The van der Waals surface area contributed by atoms with E-state index in [1.165, 1.54) is 23.4 Å². The monoisotopic (exact) mass is 310 g/mol. The average Bonchev–Trinajstić information content (AvgIpc) is 3.04. The van der Waals surface area contributed by atoms with Crippen LogP contribution in [0.2, 0.25) is 0 Å². The first-order chi connectivity index (χ1) is 11.2. The molecule has 1 amide bonds. The maximum atomic E-state index is 11.2. The molecule has 116 valence electrons. The van der Waals surface area contributed by atoms with E-state index in [4.69, 9.17) is 9.62 Å². The molecular formula is C16H14N4O3. The summed E-state index contributed by atoms with van der Waals surface area (Å²) in [5.41, 5.74) is 5.15. The Morgan fingerprint density at radius 1 is 1.22 bits per heavy atom. The van der Waals surface area contributed by atoms with Gasteiger partial charge in [0.2, 0.25) is 5.82 Å². The van der Waals surface area contributed by atoms with Gasteiger partial charge in [0.05, 0.1) is 6.42 Å². The lowest BCUT2D eigenvalue weighted by molar-refractivity contribution is 0.0694. The fourth-order valence-corrected chi connectivity index (χ4v) is 2.04. The molecule has 0 aliphatic rings. The van der Waals surface area contributed by atoms with Crippen molar-refractivity contribution in [3.8, 4) is 11.3 Å². The van der Waals surface area contributed by atoms with E-state index in [0.29, 0.717) is 12.3 Å². The van der Waals surface area contributed by atoms with Gasteiger partial charge in [0.25, 0.3) is 0 Å². The van der Waals surface area contributed by atoms with Crippen molar-refractivity contribution in [2.75, 3.05) is 0 Å². The zero-order chi connectivity index (χ0) is 16.2. The van der Waals surface area contributed by atoms with Gasteiger partial charge < -0.3 is 4.42 Å². The molecule has 2 N–H and O–H groups in total. The molecule has 7 heteroatoms. The maximum absolute atomic E-state index is 11.2. The molecule has 3 rings (SSSR count). The summed E-state index contributed by atoms with van der Waals surface area (Å²) in [6.07, 6.45) is 5.00. The molecule has 2 heterocycles. The minimum absolute atomic E-state index is 0.107. The van der Waals surface area contributed by atoms with Gasteiger partial charge in [0, 0.05) is 18.0 Å². The van der Waals surface area contributed by atoms with Crippen LogP contribution in [0.5, 0.6) is 0 Å². The zero-order valence-electron chi connectivity index (χ0n) is 12.4. The van der Waals surface area contributed by atoms with Crippen molar-refractivity contribution in [3.63, 3.8) is 0 Å². The van der Waals surface area contributed by atoms with Crippen LogP contribution in [0.4, 0.5) is 0 Å². The van der Waals surface area contributed by atoms with Gasteiger partial charge in [-0.2, -0.15) is 0 Å². The summed E-state index contributed by atoms with van der Waals surface area (Å²) in [5, 5.41) is 8.52. The summed E-state index contributed by atoms with van der Waals surface area (Å²) < 4.78 is 5.47. The van der Waals surface area contributed by atoms with Crippen LogP contribution < -0.4 is 5.48 Å². The van der Waals surface area contributed by atoms with Crippen molar-refractivity contribution >= 4 is 5.91 Å². The fourth-order valence-electron chi connectivity index (χ4n) is 2.04. The van der Waals surface area contributed by atoms with Gasteiger partial charge >= 0.3 is 5.91 Å². The van der Waals surface area contributed by atoms with E-state index in [0.717, 1.165) is 16.8 Å². The molecule has 23 heavy (non-hydrogen) atoms. The van der Waals surface area contributed by atoms with E-state index in [2.05, 4.69) is 15.0 Å². The lowest BCUT2D eigenvalue weighted by Crippen LogP contribution is -2.21. The van der Waals surface area contributed by atoms with E-state index in [-0.39, 0.29) is 5.82 Å². The first-order valence-corrected chi connectivity index (χ1v) is 6.92. The molecule has 0 atom stereocenters. The fraction of sp³-hybridized carbons (Fsp3) is 0.125. The summed E-state index contributed by atoms with van der Waals surface area (Å²) in [5.74, 6) is -0.332. The molecule has 0 aliphatic heterocycles. The Labute approximate surface area is 132 Å². The number of amides is 1. The van der Waals surface area contributed by atoms with Gasteiger partial charge in [-0.25, -0.2) is 20.4 Å². The highest BCUT2D eigenvalue weighted by atomic mass is 16.5. The molecule has 0 aliphatic carbocycles. The largest absolute Gasteiger partial charge is 0.448 e. The molecule has 1 aromatic carbocycles. The van der Waals surface area contributed by atoms with Crippen molar-refractivity contribution in [1.82, 2.24) is 20.4 Å². The number of hydrogen-bond acceptors (Lipinski definition) is 6. The standard InChI is InChI=1S/C16H14N4O3/c1-10-2-4-12(5-3-10)13-9-23-14(19-13)6-11-7-17-15(18-8-11)16(21)20-22/h2-5,7-9,22H,6H2,1H3,(H,20,21). The maximum Gasteiger partial charge on any atom is 0.312 e. The van der Waals surface area contributed by atoms with Gasteiger partial charge in [-0.3, -0.25) is 10.0 Å². The van der Waals surface area contributed by atoms with Gasteiger partial charge in [-0.15, -0.1) is 0 Å². The molecule has 3 aromatic rings. The predicted octanol–water partition coefficient (Wildman–Crippen LogP) is 2.15. The molecule has 0 fully saturated rings. The number of hydrogen-bond donors (Lipinski definition) is 2. The number of rotatable bonds is 4. The third kappa shape index (κ3) is 3.41. The predicted molar refractivity (Wildman–Crippen MR) is 80.8 cm³/mol. The van der Waals surface area contributed by atoms with E-state index < -0.39 is 5.91 Å². The second-order valence-corrected chi connectivity index (χ2v) is 5.03. The number of carbonyl (C=O) groups is 1. The normalized spacial score (nSPS) is 10.5. The summed E-state index contributed by atoms with van der Waals surface area (Å²) in [6, 6.07) is 8.01. The lowest BCUT2D eigenvalue weighted by Gasteiger charge is -1.99. The molecule has 0 radical (unpaired) electrons. The molecule has 0 bridgehead atoms. The van der Waals surface area contributed by atoms with Crippen molar-refractivity contribution in [3.05, 3.63) is 65.8 Å². The van der Waals surface area contributed by atoms with E-state index in [9.17, 15) is 4.79 Å². The molecule has 0 saturated heterocycles. The second kappa shape index (κ2) is 6.37. The van der Waals surface area contributed by atoms with E-state index >= 15 is 0 Å². The summed E-state index contributed by atoms with van der Waals surface area (Å²) in [6.45, 7) is 2.03. The van der Waals surface area contributed by atoms with Crippen LogP contribution in [0.1, 0.15) is 27.6 Å². The minimum Gasteiger partial charge on any atom is -0.448 e. The Balaban J connectivity index is 1.74. The second-order valence-electron chi connectivity index (χ2n) is 5.03. The summed E-state index contributed by atoms with van der Waals surface area (Å²) in [4.78, 5) is 23.3. The molecule has 0 unspecified atom stereocenters. The number of hydroxylamine groups is 1. The number of carbonyl (C=O) groups excluding carboxylic acids is 1. The quantitative estimate of drug-likeness (QED) is 0.565. The Kier molecular flexibility index (Phi) is 4.11. The van der Waals surface area contributed by atoms with Crippen LogP contribution >= 0.6 is 0 Å². The zero-order valence-corrected chi connectivity index (χ0v) is 12.4. The van der Waals surface area contributed by atoms with Crippen LogP contribution in [-0.2, 0) is 6.42 Å². The number of nitrogens with zero attached hydrogens (tertiary/aromatic N) is 3. The number of oxazole rings is 1. The third-order valence-corrected chi connectivity index (χ3v) is 3.26. The van der Waals surface area contributed by atoms with Crippen LogP contribution in [0, 0.1) is 6.92 Å². The van der Waals surface area contributed by atoms with Gasteiger partial charge in [0.15, 0.2) is 5.89 Å². The van der Waals surface area contributed by atoms with E-state index in [1.807, 2.05) is 31.2 Å². The molecule has 7 nitrogen and oxygen atoms in total. The first-order valence-electron chi connectivity index (χ1n) is 6.92. The number of benzene rings is 1. The molecular weight excluding hydrogens is 296 g/mol. The summed E-state index contributed by atoms with van der Waals surface area (Å²) >= 11 is 0. The minimum atomic E-state index is -0.755. The van der Waals surface area contributed by atoms with Crippen LogP contribution in [0.3, 0.4) is 0 Å². The topological polar surface area (TPSA) is 101 Å². The van der Waals surface area contributed by atoms with Gasteiger partial charge in [0.1, 0.15) is 12.0 Å². The third-order valence-electron chi connectivity index (χ3n) is 3.26. The van der Waals surface area contributed by atoms with Crippen LogP contribution in [0.25, 0.3) is 11.3 Å². The van der Waals surface area contributed by atoms with Gasteiger partial charge in [-0.1, -0.05) is 29.8 Å². The number of aryl methyl sites for hydroxylation is 1. The van der Waals surface area contributed by atoms with Crippen molar-refractivity contribution in [1.29, 1.82) is 0 Å². The van der Waals surface area contributed by atoms with Crippen molar-refractivity contribution in [2.24, 2.45) is 0 Å².